The van der Waals surface area contributed by atoms with Crippen molar-refractivity contribution >= 4 is 0 Å². The largest absolute Gasteiger partial charge is 0.394 e. The van der Waals surface area contributed by atoms with Gasteiger partial charge in [0.05, 0.1) is 12.7 Å². The van der Waals surface area contributed by atoms with Crippen LogP contribution in [-0.2, 0) is 4.74 Å². The van der Waals surface area contributed by atoms with Gasteiger partial charge in [0.15, 0.2) is 0 Å². The summed E-state index contributed by atoms with van der Waals surface area (Å²) in [7, 11) is 0. The summed E-state index contributed by atoms with van der Waals surface area (Å²) in [6.45, 7) is 10.5. The lowest BCUT2D eigenvalue weighted by Gasteiger charge is -2.29. The molecule has 0 aromatic rings. The number of hydrogen-bond acceptors (Lipinski definition) is 3. The Balaban J connectivity index is 3.68. The summed E-state index contributed by atoms with van der Waals surface area (Å²) in [5.74, 6) is 0. The second-order valence-corrected chi connectivity index (χ2v) is 5.22. The first kappa shape index (κ1) is 16.9. The van der Waals surface area contributed by atoms with Gasteiger partial charge in [0.2, 0.25) is 0 Å². The molecular formula is C14H31NO2. The number of ether oxygens (including phenoxy) is 1. The van der Waals surface area contributed by atoms with Crippen LogP contribution in [0.15, 0.2) is 0 Å². The minimum Gasteiger partial charge on any atom is -0.394 e. The maximum Gasteiger partial charge on any atom is 0.0610 e. The molecule has 0 spiro atoms. The summed E-state index contributed by atoms with van der Waals surface area (Å²) in [6.07, 6.45) is 5.73. The van der Waals surface area contributed by atoms with Crippen LogP contribution in [0.2, 0.25) is 0 Å². The fourth-order valence-corrected chi connectivity index (χ4v) is 1.89. The zero-order valence-corrected chi connectivity index (χ0v) is 12.1. The van der Waals surface area contributed by atoms with E-state index in [-0.39, 0.29) is 12.1 Å². The summed E-state index contributed by atoms with van der Waals surface area (Å²) in [5, 5.41) is 12.8. The standard InChI is InChI=1S/C14H31NO2/c1-5-8-13(3)17-11-7-9-14(4,12-16)15-10-6-2/h13,15-16H,5-12H2,1-4H3. The summed E-state index contributed by atoms with van der Waals surface area (Å²) < 4.78 is 5.72. The lowest BCUT2D eigenvalue weighted by molar-refractivity contribution is 0.0503. The van der Waals surface area contributed by atoms with E-state index in [4.69, 9.17) is 4.74 Å². The molecule has 3 nitrogen and oxygen atoms in total. The molecule has 0 aliphatic heterocycles. The predicted octanol–water partition coefficient (Wildman–Crippen LogP) is 2.72. The second-order valence-electron chi connectivity index (χ2n) is 5.22. The monoisotopic (exact) mass is 245 g/mol. The molecule has 2 atom stereocenters. The van der Waals surface area contributed by atoms with Gasteiger partial charge in [0.25, 0.3) is 0 Å². The van der Waals surface area contributed by atoms with Crippen molar-refractivity contribution in [3.05, 3.63) is 0 Å². The third-order valence-electron chi connectivity index (χ3n) is 3.12. The highest BCUT2D eigenvalue weighted by molar-refractivity contribution is 4.81. The molecular weight excluding hydrogens is 214 g/mol. The van der Waals surface area contributed by atoms with Crippen LogP contribution in [0, 0.1) is 0 Å². The average Bonchev–Trinajstić information content (AvgIpc) is 2.32. The van der Waals surface area contributed by atoms with Gasteiger partial charge in [-0.15, -0.1) is 0 Å². The summed E-state index contributed by atoms with van der Waals surface area (Å²) in [4.78, 5) is 0. The molecule has 0 radical (unpaired) electrons. The van der Waals surface area contributed by atoms with E-state index in [1.807, 2.05) is 0 Å². The third kappa shape index (κ3) is 8.58. The molecule has 2 N–H and O–H groups in total. The Kier molecular flexibility index (Phi) is 9.79. The molecule has 0 saturated heterocycles. The first-order chi connectivity index (χ1) is 8.08. The third-order valence-corrected chi connectivity index (χ3v) is 3.12. The van der Waals surface area contributed by atoms with Gasteiger partial charge >= 0.3 is 0 Å². The molecule has 0 heterocycles. The lowest BCUT2D eigenvalue weighted by atomic mass is 9.97. The molecule has 3 heteroatoms. The fraction of sp³-hybridized carbons (Fsp3) is 1.00. The van der Waals surface area contributed by atoms with Crippen LogP contribution in [0.1, 0.15) is 59.8 Å². The van der Waals surface area contributed by atoms with Gasteiger partial charge in [-0.05, 0) is 46.1 Å². The van der Waals surface area contributed by atoms with E-state index in [0.29, 0.717) is 6.10 Å². The van der Waals surface area contributed by atoms with Crippen molar-refractivity contribution < 1.29 is 9.84 Å². The van der Waals surface area contributed by atoms with E-state index in [2.05, 4.69) is 33.0 Å². The maximum absolute atomic E-state index is 9.40. The molecule has 0 rings (SSSR count). The lowest BCUT2D eigenvalue weighted by Crippen LogP contribution is -2.46. The van der Waals surface area contributed by atoms with E-state index >= 15 is 0 Å². The van der Waals surface area contributed by atoms with E-state index in [0.717, 1.165) is 38.8 Å². The van der Waals surface area contributed by atoms with Crippen molar-refractivity contribution in [1.82, 2.24) is 5.32 Å². The smallest absolute Gasteiger partial charge is 0.0610 e. The fourth-order valence-electron chi connectivity index (χ4n) is 1.89. The Bertz CT molecular complexity index is 176. The van der Waals surface area contributed by atoms with E-state index in [1.54, 1.807) is 0 Å². The van der Waals surface area contributed by atoms with Crippen LogP contribution >= 0.6 is 0 Å². The number of aliphatic hydroxyl groups is 1. The molecule has 0 aromatic carbocycles. The second kappa shape index (κ2) is 9.86. The molecule has 0 aromatic heterocycles. The molecule has 17 heavy (non-hydrogen) atoms. The number of nitrogens with one attached hydrogen (secondary N) is 1. The van der Waals surface area contributed by atoms with E-state index in [9.17, 15) is 5.11 Å². The quantitative estimate of drug-likeness (QED) is 0.550. The normalized spacial score (nSPS) is 16.8. The number of aliphatic hydroxyl groups excluding tert-OH is 1. The van der Waals surface area contributed by atoms with Gasteiger partial charge in [-0.2, -0.15) is 0 Å². The highest BCUT2D eigenvalue weighted by Gasteiger charge is 2.21. The van der Waals surface area contributed by atoms with Gasteiger partial charge in [0.1, 0.15) is 0 Å². The Morgan fingerprint density at radius 2 is 2.00 bits per heavy atom. The molecule has 104 valence electrons. The summed E-state index contributed by atoms with van der Waals surface area (Å²) >= 11 is 0. The molecule has 0 bridgehead atoms. The van der Waals surface area contributed by atoms with E-state index < -0.39 is 0 Å². The van der Waals surface area contributed by atoms with Gasteiger partial charge in [-0.3, -0.25) is 0 Å². The van der Waals surface area contributed by atoms with Crippen molar-refractivity contribution in [3.63, 3.8) is 0 Å². The Morgan fingerprint density at radius 1 is 1.29 bits per heavy atom. The van der Waals surface area contributed by atoms with Crippen molar-refractivity contribution in [3.8, 4) is 0 Å². The number of rotatable bonds is 11. The maximum atomic E-state index is 9.40. The minimum atomic E-state index is -0.145. The zero-order valence-electron chi connectivity index (χ0n) is 12.1. The van der Waals surface area contributed by atoms with Crippen LogP contribution in [0.4, 0.5) is 0 Å². The number of hydrogen-bond donors (Lipinski definition) is 2. The summed E-state index contributed by atoms with van der Waals surface area (Å²) in [5.41, 5.74) is -0.145. The first-order valence-electron chi connectivity index (χ1n) is 7.05. The SMILES string of the molecule is CCCNC(C)(CO)CCCOC(C)CCC. The Labute approximate surface area is 107 Å². The molecule has 0 fully saturated rings. The summed E-state index contributed by atoms with van der Waals surface area (Å²) in [6, 6.07) is 0. The van der Waals surface area contributed by atoms with Gasteiger partial charge in [-0.1, -0.05) is 20.3 Å². The van der Waals surface area contributed by atoms with Crippen molar-refractivity contribution in [2.24, 2.45) is 0 Å². The highest BCUT2D eigenvalue weighted by atomic mass is 16.5. The van der Waals surface area contributed by atoms with Crippen LogP contribution in [-0.4, -0.2) is 36.5 Å². The average molecular weight is 245 g/mol. The Hall–Kier alpha value is -0.120. The van der Waals surface area contributed by atoms with Gasteiger partial charge in [0, 0.05) is 12.1 Å². The predicted molar refractivity (Wildman–Crippen MR) is 73.3 cm³/mol. The van der Waals surface area contributed by atoms with Gasteiger partial charge < -0.3 is 15.2 Å². The highest BCUT2D eigenvalue weighted by Crippen LogP contribution is 2.12. The molecule has 0 aliphatic carbocycles. The minimum absolute atomic E-state index is 0.145. The zero-order chi connectivity index (χ0) is 13.1. The topological polar surface area (TPSA) is 41.5 Å². The molecule has 0 saturated carbocycles. The van der Waals surface area contributed by atoms with Gasteiger partial charge in [-0.25, -0.2) is 0 Å². The molecule has 2 unspecified atom stereocenters. The Morgan fingerprint density at radius 3 is 2.53 bits per heavy atom. The van der Waals surface area contributed by atoms with Crippen molar-refractivity contribution in [1.29, 1.82) is 0 Å². The molecule has 0 amide bonds. The van der Waals surface area contributed by atoms with Crippen LogP contribution in [0.3, 0.4) is 0 Å². The van der Waals surface area contributed by atoms with Crippen molar-refractivity contribution in [2.45, 2.75) is 71.4 Å². The van der Waals surface area contributed by atoms with Crippen molar-refractivity contribution in [2.75, 3.05) is 19.8 Å². The van der Waals surface area contributed by atoms with Crippen LogP contribution in [0.25, 0.3) is 0 Å². The molecule has 0 aliphatic rings. The van der Waals surface area contributed by atoms with Crippen LogP contribution < -0.4 is 5.32 Å². The van der Waals surface area contributed by atoms with Crippen LogP contribution in [0.5, 0.6) is 0 Å². The first-order valence-corrected chi connectivity index (χ1v) is 7.05. The van der Waals surface area contributed by atoms with E-state index in [1.165, 1.54) is 6.42 Å².